The van der Waals surface area contributed by atoms with Gasteiger partial charge in [0.2, 0.25) is 15.5 Å². The van der Waals surface area contributed by atoms with Gasteiger partial charge < -0.3 is 19.5 Å². The molecule has 41 heavy (non-hydrogen) atoms. The van der Waals surface area contributed by atoms with Gasteiger partial charge in [0.1, 0.15) is 12.1 Å². The van der Waals surface area contributed by atoms with Gasteiger partial charge in [-0.25, -0.2) is 4.79 Å². The number of anilines is 1. The highest BCUT2D eigenvalue weighted by Gasteiger charge is 2.44. The quantitative estimate of drug-likeness (QED) is 0.388. The second-order valence-corrected chi connectivity index (χ2v) is 12.8. The van der Waals surface area contributed by atoms with Crippen LogP contribution in [-0.2, 0) is 35.1 Å². The van der Waals surface area contributed by atoms with Crippen LogP contribution in [0, 0.1) is 9.25 Å². The van der Waals surface area contributed by atoms with Crippen LogP contribution in [0.4, 0.5) is 23.7 Å². The molecular formula is C26H27ClF3IN6O4. The van der Waals surface area contributed by atoms with E-state index in [4.69, 9.17) is 16.3 Å². The van der Waals surface area contributed by atoms with E-state index in [9.17, 15) is 27.6 Å². The molecule has 0 radical (unpaired) electrons. The van der Waals surface area contributed by atoms with Crippen LogP contribution in [0.5, 0.6) is 0 Å². The average molecular weight is 707 g/mol. The van der Waals surface area contributed by atoms with Crippen LogP contribution >= 0.6 is 34.2 Å². The number of alkyl halides is 3. The highest BCUT2D eigenvalue weighted by molar-refractivity contribution is 14.1. The summed E-state index contributed by atoms with van der Waals surface area (Å²) < 4.78 is 47.7. The number of fused-ring (bicyclic) bond motifs is 2. The van der Waals surface area contributed by atoms with E-state index in [0.29, 0.717) is 53.9 Å². The number of ether oxygens (including phenoxy) is 1. The van der Waals surface area contributed by atoms with Gasteiger partial charge >= 0.3 is 12.3 Å². The molecule has 2 amide bonds. The van der Waals surface area contributed by atoms with Crippen LogP contribution in [-0.4, -0.2) is 54.8 Å². The lowest BCUT2D eigenvalue weighted by Gasteiger charge is -2.39. The predicted molar refractivity (Wildman–Crippen MR) is 152 cm³/mol. The van der Waals surface area contributed by atoms with E-state index in [-0.39, 0.29) is 40.1 Å². The van der Waals surface area contributed by atoms with Crippen LogP contribution in [0.1, 0.15) is 50.4 Å². The average Bonchev–Trinajstić information content (AvgIpc) is 3.43. The van der Waals surface area contributed by atoms with Crippen molar-refractivity contribution in [1.82, 2.24) is 24.1 Å². The molecule has 15 heteroatoms. The third-order valence-electron chi connectivity index (χ3n) is 7.37. The molecule has 0 unspecified atom stereocenters. The monoisotopic (exact) mass is 706 g/mol. The summed E-state index contributed by atoms with van der Waals surface area (Å²) in [4.78, 5) is 45.2. The summed E-state index contributed by atoms with van der Waals surface area (Å²) in [6.45, 7) is 6.11. The van der Waals surface area contributed by atoms with Crippen molar-refractivity contribution < 1.29 is 27.5 Å². The number of amides is 2. The number of hydrogen-bond acceptors (Lipinski definition) is 6. The van der Waals surface area contributed by atoms with Crippen LogP contribution in [0.2, 0.25) is 5.02 Å². The fraction of sp³-hybridized carbons (Fsp3) is 0.500. The standard InChI is InChI=1S/C26H27ClF3IN6O4/c1-24(2,3)41-23(40)35-8-6-25(7-9-35)11-15-18(12-25)36(22-33-21(31)34-37(22)20(15)39)13-19(38)32-17-5-4-14(10-16(17)27)26(28,29)30/h4-5,10H,6-9,11-13H2,1-3H3,(H,32,38). The largest absolute Gasteiger partial charge is 0.444 e. The van der Waals surface area contributed by atoms with Gasteiger partial charge in [-0.3, -0.25) is 9.59 Å². The summed E-state index contributed by atoms with van der Waals surface area (Å²) in [5.41, 5.74) is -0.915. The SMILES string of the molecule is CC(C)(C)OC(=O)N1CCC2(CC1)Cc1c(n(CC(=O)Nc3ccc(C(F)(F)F)cc3Cl)c3nc(I)nn3c1=O)C2. The van der Waals surface area contributed by atoms with E-state index in [1.54, 1.807) is 9.47 Å². The van der Waals surface area contributed by atoms with Crippen molar-refractivity contribution in [3.63, 3.8) is 0 Å². The van der Waals surface area contributed by atoms with Crippen molar-refractivity contribution in [2.45, 2.75) is 64.8 Å². The minimum absolute atomic E-state index is 0.0282. The van der Waals surface area contributed by atoms with Crippen molar-refractivity contribution in [3.8, 4) is 0 Å². The van der Waals surface area contributed by atoms with E-state index in [1.807, 2.05) is 43.4 Å². The highest BCUT2D eigenvalue weighted by Crippen LogP contribution is 2.44. The first-order chi connectivity index (χ1) is 19.1. The molecule has 3 aromatic rings. The van der Waals surface area contributed by atoms with Crippen LogP contribution in [0.15, 0.2) is 23.0 Å². The van der Waals surface area contributed by atoms with Gasteiger partial charge in [-0.1, -0.05) is 11.6 Å². The number of halogens is 5. The summed E-state index contributed by atoms with van der Waals surface area (Å²) >= 11 is 7.92. The number of likely N-dealkylation sites (tertiary alicyclic amines) is 1. The van der Waals surface area contributed by atoms with Crippen LogP contribution < -0.4 is 10.9 Å². The Kier molecular flexibility index (Phi) is 7.54. The van der Waals surface area contributed by atoms with Crippen LogP contribution in [0.25, 0.3) is 5.78 Å². The topological polar surface area (TPSA) is 111 Å². The number of nitrogens with one attached hydrogen (secondary N) is 1. The fourth-order valence-electron chi connectivity index (χ4n) is 5.43. The zero-order valence-corrected chi connectivity index (χ0v) is 25.4. The summed E-state index contributed by atoms with van der Waals surface area (Å²) in [6.07, 6.45) is -2.71. The third-order valence-corrected chi connectivity index (χ3v) is 8.14. The number of piperidine rings is 1. The van der Waals surface area contributed by atoms with E-state index in [1.165, 1.54) is 4.52 Å². The summed E-state index contributed by atoms with van der Waals surface area (Å²) in [6, 6.07) is 2.69. The second kappa shape index (κ2) is 10.4. The zero-order chi connectivity index (χ0) is 29.9. The molecule has 1 aliphatic heterocycles. The number of carbonyl (C=O) groups excluding carboxylic acids is 2. The molecule has 0 saturated carbocycles. The number of carbonyl (C=O) groups is 2. The molecule has 220 valence electrons. The number of nitrogens with zero attached hydrogens (tertiary/aromatic N) is 5. The number of aromatic nitrogens is 4. The first kappa shape index (κ1) is 29.6. The molecule has 1 aromatic carbocycles. The summed E-state index contributed by atoms with van der Waals surface area (Å²) in [7, 11) is 0. The highest BCUT2D eigenvalue weighted by atomic mass is 127. The van der Waals surface area contributed by atoms with E-state index in [0.717, 1.165) is 18.2 Å². The Labute approximate surface area is 251 Å². The van der Waals surface area contributed by atoms with Crippen molar-refractivity contribution in [3.05, 3.63) is 54.2 Å². The molecule has 1 aliphatic carbocycles. The lowest BCUT2D eigenvalue weighted by Crippen LogP contribution is -2.45. The molecule has 1 spiro atoms. The molecule has 1 fully saturated rings. The summed E-state index contributed by atoms with van der Waals surface area (Å²) in [5, 5.41) is 6.54. The molecule has 0 atom stereocenters. The molecule has 1 saturated heterocycles. The molecule has 3 heterocycles. The lowest BCUT2D eigenvalue weighted by atomic mass is 9.76. The van der Waals surface area contributed by atoms with Gasteiger partial charge in [-0.15, -0.1) is 5.10 Å². The maximum Gasteiger partial charge on any atom is 0.416 e. The van der Waals surface area contributed by atoms with Gasteiger partial charge in [0, 0.05) is 46.9 Å². The molecule has 10 nitrogen and oxygen atoms in total. The zero-order valence-electron chi connectivity index (χ0n) is 22.4. The first-order valence-corrected chi connectivity index (χ1v) is 14.3. The molecule has 0 bridgehead atoms. The van der Waals surface area contributed by atoms with Crippen LogP contribution in [0.3, 0.4) is 0 Å². The first-order valence-electron chi connectivity index (χ1n) is 12.9. The molecule has 1 N–H and O–H groups in total. The fourth-order valence-corrected chi connectivity index (χ4v) is 6.09. The van der Waals surface area contributed by atoms with Gasteiger partial charge in [0.15, 0.2) is 0 Å². The molecular weight excluding hydrogens is 680 g/mol. The Morgan fingerprint density at radius 2 is 1.85 bits per heavy atom. The third kappa shape index (κ3) is 6.03. The molecule has 5 rings (SSSR count). The normalized spacial score (nSPS) is 16.7. The van der Waals surface area contributed by atoms with Crippen molar-refractivity contribution in [2.75, 3.05) is 18.4 Å². The molecule has 2 aromatic heterocycles. The summed E-state index contributed by atoms with van der Waals surface area (Å²) in [5.74, 6) is -0.367. The Morgan fingerprint density at radius 1 is 1.17 bits per heavy atom. The van der Waals surface area contributed by atoms with Gasteiger partial charge in [0.25, 0.3) is 5.56 Å². The smallest absolute Gasteiger partial charge is 0.416 e. The van der Waals surface area contributed by atoms with E-state index in [2.05, 4.69) is 15.4 Å². The van der Waals surface area contributed by atoms with E-state index < -0.39 is 23.2 Å². The Balaban J connectivity index is 1.40. The number of rotatable bonds is 3. The van der Waals surface area contributed by atoms with Gasteiger partial charge in [-0.05, 0) is 70.1 Å². The van der Waals surface area contributed by atoms with Crippen molar-refractivity contribution in [1.29, 1.82) is 0 Å². The Hall–Kier alpha value is -2.88. The second-order valence-electron chi connectivity index (χ2n) is 11.5. The van der Waals surface area contributed by atoms with Crippen molar-refractivity contribution >= 4 is 57.7 Å². The van der Waals surface area contributed by atoms with Gasteiger partial charge in [0.05, 0.1) is 16.3 Å². The van der Waals surface area contributed by atoms with Crippen molar-refractivity contribution in [2.24, 2.45) is 5.41 Å². The Bertz CT molecular complexity index is 1610. The van der Waals surface area contributed by atoms with Gasteiger partial charge in [-0.2, -0.15) is 22.7 Å². The predicted octanol–water partition coefficient (Wildman–Crippen LogP) is 4.92. The Morgan fingerprint density at radius 3 is 2.46 bits per heavy atom. The number of hydrogen-bond donors (Lipinski definition) is 1. The minimum Gasteiger partial charge on any atom is -0.444 e. The lowest BCUT2D eigenvalue weighted by molar-refractivity contribution is -0.137. The maximum atomic E-state index is 13.4. The minimum atomic E-state index is -4.57. The number of benzene rings is 1. The maximum absolute atomic E-state index is 13.4. The van der Waals surface area contributed by atoms with E-state index >= 15 is 0 Å². The molecule has 2 aliphatic rings.